The lowest BCUT2D eigenvalue weighted by molar-refractivity contribution is -0.140. The number of carboxylic acids is 2. The van der Waals surface area contributed by atoms with Crippen molar-refractivity contribution in [1.82, 2.24) is 15.1 Å². The second-order valence-corrected chi connectivity index (χ2v) is 5.55. The van der Waals surface area contributed by atoms with Crippen LogP contribution >= 0.6 is 11.8 Å². The number of carboxylic acid groups (broad SMARTS) is 2. The smallest absolute Gasteiger partial charge is 0.323 e. The van der Waals surface area contributed by atoms with E-state index in [1.165, 1.54) is 0 Å². The molecular formula is C11H19N3O5S. The summed E-state index contributed by atoms with van der Waals surface area (Å²) in [5.74, 6) is -0.347. The normalized spacial score (nSPS) is 15.6. The van der Waals surface area contributed by atoms with Crippen LogP contribution in [-0.2, 0) is 9.59 Å². The van der Waals surface area contributed by atoms with Gasteiger partial charge in [0.2, 0.25) is 0 Å². The molecule has 20 heavy (non-hydrogen) atoms. The first-order chi connectivity index (χ1) is 9.49. The van der Waals surface area contributed by atoms with Gasteiger partial charge in [0.05, 0.1) is 0 Å². The summed E-state index contributed by atoms with van der Waals surface area (Å²) in [4.78, 5) is 35.9. The van der Waals surface area contributed by atoms with Crippen LogP contribution in [0.25, 0.3) is 0 Å². The number of nitrogens with zero attached hydrogens (tertiary/aromatic N) is 2. The Bertz CT molecular complexity index is 344. The molecule has 1 fully saturated rings. The molecule has 0 saturated carbocycles. The molecule has 2 amide bonds. The van der Waals surface area contributed by atoms with E-state index in [2.05, 4.69) is 10.2 Å². The molecule has 0 atom stereocenters. The van der Waals surface area contributed by atoms with Gasteiger partial charge in [-0.05, 0) is 0 Å². The molecule has 9 heteroatoms. The summed E-state index contributed by atoms with van der Waals surface area (Å²) in [6.45, 7) is 1.74. The third-order valence-corrected chi connectivity index (χ3v) is 3.69. The molecular weight excluding hydrogens is 286 g/mol. The highest BCUT2D eigenvalue weighted by Gasteiger charge is 2.19. The molecule has 0 aromatic rings. The minimum absolute atomic E-state index is 0.374. The van der Waals surface area contributed by atoms with E-state index >= 15 is 0 Å². The highest BCUT2D eigenvalue weighted by Crippen LogP contribution is 2.07. The van der Waals surface area contributed by atoms with Gasteiger partial charge in [0.15, 0.2) is 0 Å². The van der Waals surface area contributed by atoms with Crippen LogP contribution in [0.15, 0.2) is 0 Å². The van der Waals surface area contributed by atoms with E-state index in [-0.39, 0.29) is 0 Å². The molecule has 0 bridgehead atoms. The highest BCUT2D eigenvalue weighted by atomic mass is 32.2. The van der Waals surface area contributed by atoms with E-state index < -0.39 is 31.1 Å². The number of urea groups is 1. The monoisotopic (exact) mass is 305 g/mol. The van der Waals surface area contributed by atoms with Crippen LogP contribution in [0.1, 0.15) is 0 Å². The number of hydrogen-bond acceptors (Lipinski definition) is 5. The topological polar surface area (TPSA) is 110 Å². The lowest BCUT2D eigenvalue weighted by Crippen LogP contribution is -2.47. The van der Waals surface area contributed by atoms with Crippen LogP contribution in [0.5, 0.6) is 0 Å². The Labute approximate surface area is 121 Å². The van der Waals surface area contributed by atoms with E-state index in [0.717, 1.165) is 29.5 Å². The van der Waals surface area contributed by atoms with Gasteiger partial charge in [0.25, 0.3) is 0 Å². The highest BCUT2D eigenvalue weighted by molar-refractivity contribution is 7.99. The van der Waals surface area contributed by atoms with Gasteiger partial charge < -0.3 is 20.4 Å². The maximum atomic E-state index is 11.7. The molecule has 8 nitrogen and oxygen atoms in total. The summed E-state index contributed by atoms with van der Waals surface area (Å²) in [7, 11) is 0. The van der Waals surface area contributed by atoms with E-state index in [1.54, 1.807) is 0 Å². The van der Waals surface area contributed by atoms with Gasteiger partial charge in [-0.25, -0.2) is 4.79 Å². The van der Waals surface area contributed by atoms with Gasteiger partial charge >= 0.3 is 18.0 Å². The molecule has 114 valence electrons. The van der Waals surface area contributed by atoms with Crippen molar-refractivity contribution in [3.05, 3.63) is 0 Å². The van der Waals surface area contributed by atoms with Crippen molar-refractivity contribution in [3.8, 4) is 0 Å². The van der Waals surface area contributed by atoms with Crippen molar-refractivity contribution in [2.45, 2.75) is 0 Å². The molecule has 1 aliphatic heterocycles. The fraction of sp³-hybridized carbons (Fsp3) is 0.727. The number of carbonyl (C=O) groups excluding carboxylic acids is 1. The summed E-state index contributed by atoms with van der Waals surface area (Å²) in [6, 6.07) is -0.666. The number of carbonyl (C=O) groups is 3. The summed E-state index contributed by atoms with van der Waals surface area (Å²) in [6.07, 6.45) is 0. The van der Waals surface area contributed by atoms with Crippen molar-refractivity contribution in [2.75, 3.05) is 50.8 Å². The first-order valence-electron chi connectivity index (χ1n) is 6.25. The van der Waals surface area contributed by atoms with Crippen LogP contribution in [0, 0.1) is 0 Å². The number of nitrogens with one attached hydrogen (secondary N) is 1. The van der Waals surface area contributed by atoms with Crippen molar-refractivity contribution >= 4 is 29.7 Å². The van der Waals surface area contributed by atoms with Crippen molar-refractivity contribution in [2.24, 2.45) is 0 Å². The minimum atomic E-state index is -1.24. The van der Waals surface area contributed by atoms with E-state index in [4.69, 9.17) is 10.2 Å². The zero-order valence-electron chi connectivity index (χ0n) is 11.1. The van der Waals surface area contributed by atoms with Gasteiger partial charge in [0.1, 0.15) is 13.1 Å². The molecule has 0 aromatic heterocycles. The Morgan fingerprint density at radius 1 is 1.10 bits per heavy atom. The second-order valence-electron chi connectivity index (χ2n) is 4.33. The van der Waals surface area contributed by atoms with Crippen molar-refractivity contribution in [1.29, 1.82) is 0 Å². The van der Waals surface area contributed by atoms with Gasteiger partial charge in [-0.3, -0.25) is 14.5 Å². The molecule has 1 saturated heterocycles. The third-order valence-electron chi connectivity index (χ3n) is 2.75. The quantitative estimate of drug-likeness (QED) is 0.565. The first-order valence-corrected chi connectivity index (χ1v) is 7.41. The van der Waals surface area contributed by atoms with Gasteiger partial charge in [-0.1, -0.05) is 0 Å². The molecule has 1 heterocycles. The van der Waals surface area contributed by atoms with E-state index in [1.807, 2.05) is 11.8 Å². The SMILES string of the molecule is O=C(O)CN(CC(=O)O)C(=O)NCCN1CCSCC1. The zero-order valence-corrected chi connectivity index (χ0v) is 11.9. The first kappa shape index (κ1) is 16.6. The Morgan fingerprint density at radius 3 is 2.15 bits per heavy atom. The molecule has 0 radical (unpaired) electrons. The lowest BCUT2D eigenvalue weighted by atomic mass is 10.4. The molecule has 0 spiro atoms. The number of hydrogen-bond donors (Lipinski definition) is 3. The van der Waals surface area contributed by atoms with Gasteiger partial charge in [-0.15, -0.1) is 0 Å². The number of rotatable bonds is 7. The van der Waals surface area contributed by atoms with Crippen LogP contribution < -0.4 is 5.32 Å². The van der Waals surface area contributed by atoms with Crippen LogP contribution in [-0.4, -0.2) is 88.8 Å². The third kappa shape index (κ3) is 6.62. The maximum Gasteiger partial charge on any atom is 0.323 e. The Balaban J connectivity index is 2.32. The number of aliphatic carboxylic acids is 2. The Hall–Kier alpha value is -1.48. The van der Waals surface area contributed by atoms with Crippen LogP contribution in [0.4, 0.5) is 4.79 Å². The predicted molar refractivity (Wildman–Crippen MR) is 74.0 cm³/mol. The molecule has 0 unspecified atom stereocenters. The maximum absolute atomic E-state index is 11.7. The fourth-order valence-corrected chi connectivity index (χ4v) is 2.76. The summed E-state index contributed by atoms with van der Waals surface area (Å²) >= 11 is 1.89. The molecule has 3 N–H and O–H groups in total. The number of thioether (sulfide) groups is 1. The number of amides is 2. The molecule has 1 aliphatic rings. The Morgan fingerprint density at radius 2 is 1.65 bits per heavy atom. The minimum Gasteiger partial charge on any atom is -0.480 e. The van der Waals surface area contributed by atoms with Crippen LogP contribution in [0.3, 0.4) is 0 Å². The average molecular weight is 305 g/mol. The van der Waals surface area contributed by atoms with Crippen molar-refractivity contribution in [3.63, 3.8) is 0 Å². The van der Waals surface area contributed by atoms with Gasteiger partial charge in [-0.2, -0.15) is 11.8 Å². The zero-order chi connectivity index (χ0) is 15.0. The van der Waals surface area contributed by atoms with Crippen molar-refractivity contribution < 1.29 is 24.6 Å². The molecule has 1 rings (SSSR count). The molecule has 0 aromatic carbocycles. The standard InChI is InChI=1S/C11H19N3O5S/c15-9(16)7-14(8-10(17)18)11(19)12-1-2-13-3-5-20-6-4-13/h1-8H2,(H,12,19)(H,15,16)(H,17,18). The largest absolute Gasteiger partial charge is 0.480 e. The lowest BCUT2D eigenvalue weighted by Gasteiger charge is -2.26. The second kappa shape index (κ2) is 8.64. The van der Waals surface area contributed by atoms with E-state index in [0.29, 0.717) is 13.1 Å². The summed E-state index contributed by atoms with van der Waals surface area (Å²) < 4.78 is 0. The summed E-state index contributed by atoms with van der Waals surface area (Å²) in [5.41, 5.74) is 0. The fourth-order valence-electron chi connectivity index (χ4n) is 1.78. The Kier molecular flexibility index (Phi) is 7.16. The molecule has 0 aliphatic carbocycles. The van der Waals surface area contributed by atoms with E-state index in [9.17, 15) is 14.4 Å². The van der Waals surface area contributed by atoms with Gasteiger partial charge in [0, 0.05) is 37.7 Å². The average Bonchev–Trinajstić information content (AvgIpc) is 2.38. The summed E-state index contributed by atoms with van der Waals surface area (Å²) in [5, 5.41) is 19.9. The predicted octanol–water partition coefficient (Wildman–Crippen LogP) is -0.784. The van der Waals surface area contributed by atoms with Crippen LogP contribution in [0.2, 0.25) is 0 Å².